The molecule has 1 rings (SSSR count). The third-order valence-corrected chi connectivity index (χ3v) is 1.86. The Bertz CT molecular complexity index is 299. The summed E-state index contributed by atoms with van der Waals surface area (Å²) in [6, 6.07) is 0. The average Bonchev–Trinajstić information content (AvgIpc) is 2.17. The SMILES string of the molecule is COC1=CC=C(C(=O)C(=O)O)CC1. The Morgan fingerprint density at radius 3 is 2.46 bits per heavy atom. The number of carboxylic acids is 1. The quantitative estimate of drug-likeness (QED) is 0.658. The van der Waals surface area contributed by atoms with Gasteiger partial charge in [0.05, 0.1) is 12.9 Å². The monoisotopic (exact) mass is 182 g/mol. The molecule has 0 saturated heterocycles. The number of carbonyl (C=O) groups is 2. The van der Waals surface area contributed by atoms with Crippen molar-refractivity contribution in [1.29, 1.82) is 0 Å². The summed E-state index contributed by atoms with van der Waals surface area (Å²) in [6.07, 6.45) is 4.14. The van der Waals surface area contributed by atoms with E-state index >= 15 is 0 Å². The zero-order valence-corrected chi connectivity index (χ0v) is 7.24. The van der Waals surface area contributed by atoms with Gasteiger partial charge in [0, 0.05) is 12.0 Å². The topological polar surface area (TPSA) is 63.6 Å². The fraction of sp³-hybridized carbons (Fsp3) is 0.333. The molecule has 0 fully saturated rings. The van der Waals surface area contributed by atoms with Gasteiger partial charge in [-0.3, -0.25) is 4.79 Å². The summed E-state index contributed by atoms with van der Waals surface area (Å²) >= 11 is 0. The number of carboxylic acid groups (broad SMARTS) is 1. The summed E-state index contributed by atoms with van der Waals surface area (Å²) in [7, 11) is 1.55. The molecule has 0 radical (unpaired) electrons. The van der Waals surface area contributed by atoms with Gasteiger partial charge in [0.2, 0.25) is 0 Å². The Balaban J connectivity index is 2.75. The largest absolute Gasteiger partial charge is 0.501 e. The molecule has 0 amide bonds. The number of carbonyl (C=O) groups excluding carboxylic acids is 1. The smallest absolute Gasteiger partial charge is 0.376 e. The van der Waals surface area contributed by atoms with Gasteiger partial charge in [-0.1, -0.05) is 6.08 Å². The minimum atomic E-state index is -1.40. The van der Waals surface area contributed by atoms with Crippen molar-refractivity contribution in [3.05, 3.63) is 23.5 Å². The first kappa shape index (κ1) is 9.51. The maximum absolute atomic E-state index is 11.0. The first-order valence-corrected chi connectivity index (χ1v) is 3.86. The number of methoxy groups -OCH3 is 1. The van der Waals surface area contributed by atoms with Gasteiger partial charge in [-0.15, -0.1) is 0 Å². The minimum absolute atomic E-state index is 0.327. The molecular weight excluding hydrogens is 172 g/mol. The van der Waals surface area contributed by atoms with Gasteiger partial charge in [0.25, 0.3) is 5.78 Å². The van der Waals surface area contributed by atoms with Gasteiger partial charge in [-0.25, -0.2) is 4.79 Å². The molecule has 4 nitrogen and oxygen atoms in total. The highest BCUT2D eigenvalue weighted by Crippen LogP contribution is 2.19. The molecule has 0 bridgehead atoms. The van der Waals surface area contributed by atoms with Crippen molar-refractivity contribution in [3.63, 3.8) is 0 Å². The third kappa shape index (κ3) is 2.18. The highest BCUT2D eigenvalue weighted by molar-refractivity contribution is 6.39. The maximum Gasteiger partial charge on any atom is 0.376 e. The lowest BCUT2D eigenvalue weighted by Gasteiger charge is -2.10. The van der Waals surface area contributed by atoms with E-state index in [1.165, 1.54) is 6.08 Å². The number of hydrogen-bond donors (Lipinski definition) is 1. The second-order valence-corrected chi connectivity index (χ2v) is 2.66. The fourth-order valence-electron chi connectivity index (χ4n) is 1.11. The Labute approximate surface area is 75.5 Å². The zero-order valence-electron chi connectivity index (χ0n) is 7.24. The van der Waals surface area contributed by atoms with Crippen molar-refractivity contribution in [1.82, 2.24) is 0 Å². The van der Waals surface area contributed by atoms with Crippen LogP contribution in [0.1, 0.15) is 12.8 Å². The molecule has 0 aromatic heterocycles. The highest BCUT2D eigenvalue weighted by Gasteiger charge is 2.19. The van der Waals surface area contributed by atoms with E-state index in [0.29, 0.717) is 18.4 Å². The van der Waals surface area contributed by atoms with Crippen LogP contribution in [0, 0.1) is 0 Å². The summed E-state index contributed by atoms with van der Waals surface area (Å²) in [5.74, 6) is -1.46. The van der Waals surface area contributed by atoms with Gasteiger partial charge < -0.3 is 9.84 Å². The van der Waals surface area contributed by atoms with E-state index in [1.54, 1.807) is 13.2 Å². The summed E-state index contributed by atoms with van der Waals surface area (Å²) in [5.41, 5.74) is 0.327. The molecule has 0 atom stereocenters. The van der Waals surface area contributed by atoms with Crippen LogP contribution < -0.4 is 0 Å². The molecule has 70 valence electrons. The first-order valence-electron chi connectivity index (χ1n) is 3.86. The van der Waals surface area contributed by atoms with E-state index in [0.717, 1.165) is 5.76 Å². The van der Waals surface area contributed by atoms with Crippen molar-refractivity contribution in [2.45, 2.75) is 12.8 Å². The number of rotatable bonds is 3. The second kappa shape index (κ2) is 3.89. The standard InChI is InChI=1S/C9H10O4/c1-13-7-4-2-6(3-5-7)8(10)9(11)12/h2,4H,3,5H2,1H3,(H,11,12). The van der Waals surface area contributed by atoms with Crippen LogP contribution in [0.5, 0.6) is 0 Å². The van der Waals surface area contributed by atoms with Crippen LogP contribution in [0.2, 0.25) is 0 Å². The number of Topliss-reactive ketones (excluding diaryl/α,β-unsaturated/α-hetero) is 1. The number of ether oxygens (including phenoxy) is 1. The maximum atomic E-state index is 11.0. The molecule has 0 aromatic carbocycles. The molecular formula is C9H10O4. The lowest BCUT2D eigenvalue weighted by atomic mass is 10.00. The van der Waals surface area contributed by atoms with Gasteiger partial charge >= 0.3 is 5.97 Å². The van der Waals surface area contributed by atoms with Crippen LogP contribution in [-0.2, 0) is 14.3 Å². The predicted octanol–water partition coefficient (Wildman–Crippen LogP) is 0.891. The fourth-order valence-corrected chi connectivity index (χ4v) is 1.11. The molecule has 0 heterocycles. The van der Waals surface area contributed by atoms with E-state index in [2.05, 4.69) is 0 Å². The molecule has 1 aliphatic rings. The van der Waals surface area contributed by atoms with Crippen LogP contribution in [0.4, 0.5) is 0 Å². The molecule has 0 saturated carbocycles. The van der Waals surface area contributed by atoms with E-state index in [-0.39, 0.29) is 0 Å². The molecule has 0 aromatic rings. The van der Waals surface area contributed by atoms with Crippen LogP contribution >= 0.6 is 0 Å². The van der Waals surface area contributed by atoms with Crippen LogP contribution in [0.25, 0.3) is 0 Å². The summed E-state index contributed by atoms with van der Waals surface area (Å²) in [4.78, 5) is 21.3. The Morgan fingerprint density at radius 1 is 1.38 bits per heavy atom. The van der Waals surface area contributed by atoms with Gasteiger partial charge in [-0.05, 0) is 12.5 Å². The van der Waals surface area contributed by atoms with Crippen molar-refractivity contribution in [2.24, 2.45) is 0 Å². The lowest BCUT2D eigenvalue weighted by Crippen LogP contribution is -2.16. The molecule has 1 N–H and O–H groups in total. The summed E-state index contributed by atoms with van der Waals surface area (Å²) in [5, 5.41) is 8.42. The molecule has 0 aliphatic heterocycles. The number of aliphatic carboxylic acids is 1. The van der Waals surface area contributed by atoms with Crippen molar-refractivity contribution in [2.75, 3.05) is 7.11 Å². The van der Waals surface area contributed by atoms with Gasteiger partial charge in [-0.2, -0.15) is 0 Å². The summed E-state index contributed by atoms with van der Waals surface area (Å²) < 4.78 is 4.94. The Kier molecular flexibility index (Phi) is 2.84. The van der Waals surface area contributed by atoms with Crippen molar-refractivity contribution < 1.29 is 19.4 Å². The minimum Gasteiger partial charge on any atom is -0.501 e. The normalized spacial score (nSPS) is 15.8. The first-order chi connectivity index (χ1) is 6.15. The Hall–Kier alpha value is -1.58. The van der Waals surface area contributed by atoms with Crippen molar-refractivity contribution >= 4 is 11.8 Å². The average molecular weight is 182 g/mol. The zero-order chi connectivity index (χ0) is 9.84. The van der Waals surface area contributed by atoms with Crippen LogP contribution in [0.15, 0.2) is 23.5 Å². The van der Waals surface area contributed by atoms with Crippen LogP contribution in [0.3, 0.4) is 0 Å². The second-order valence-electron chi connectivity index (χ2n) is 2.66. The Morgan fingerprint density at radius 2 is 2.08 bits per heavy atom. The lowest BCUT2D eigenvalue weighted by molar-refractivity contribution is -0.147. The van der Waals surface area contributed by atoms with Crippen molar-refractivity contribution in [3.8, 4) is 0 Å². The van der Waals surface area contributed by atoms with Gasteiger partial charge in [0.15, 0.2) is 0 Å². The highest BCUT2D eigenvalue weighted by atomic mass is 16.5. The van der Waals surface area contributed by atoms with E-state index in [9.17, 15) is 9.59 Å². The number of ketones is 1. The van der Waals surface area contributed by atoms with Gasteiger partial charge in [0.1, 0.15) is 0 Å². The molecule has 0 spiro atoms. The van der Waals surface area contributed by atoms with E-state index < -0.39 is 11.8 Å². The molecule has 1 aliphatic carbocycles. The predicted molar refractivity (Wildman–Crippen MR) is 45.1 cm³/mol. The van der Waals surface area contributed by atoms with E-state index in [4.69, 9.17) is 9.84 Å². The number of hydrogen-bond acceptors (Lipinski definition) is 3. The molecule has 4 heteroatoms. The number of allylic oxidation sites excluding steroid dienone is 3. The van der Waals surface area contributed by atoms with Crippen LogP contribution in [-0.4, -0.2) is 24.0 Å². The molecule has 13 heavy (non-hydrogen) atoms. The third-order valence-electron chi connectivity index (χ3n) is 1.86. The van der Waals surface area contributed by atoms with E-state index in [1.807, 2.05) is 0 Å². The summed E-state index contributed by atoms with van der Waals surface area (Å²) in [6.45, 7) is 0. The molecule has 0 unspecified atom stereocenters.